The molecule has 0 radical (unpaired) electrons. The third kappa shape index (κ3) is 3.25. The van der Waals surface area contributed by atoms with Gasteiger partial charge < -0.3 is 14.8 Å². The Morgan fingerprint density at radius 3 is 2.58 bits per heavy atom. The number of piperazine rings is 1. The molecule has 0 atom stereocenters. The Hall–Kier alpha value is -2.59. The van der Waals surface area contributed by atoms with Crippen LogP contribution in [0.1, 0.15) is 29.8 Å². The first-order valence-corrected chi connectivity index (χ1v) is 9.20. The van der Waals surface area contributed by atoms with Crippen molar-refractivity contribution in [2.75, 3.05) is 19.6 Å². The lowest BCUT2D eigenvalue weighted by atomic mass is 10.0. The highest BCUT2D eigenvalue weighted by molar-refractivity contribution is 6.07. The predicted octanol–water partition coefficient (Wildman–Crippen LogP) is 3.51. The van der Waals surface area contributed by atoms with Crippen molar-refractivity contribution in [2.24, 2.45) is 0 Å². The SMILES string of the molecule is CC1(C)CN(C(=O)c2cn(Cc3ccccc3)c3ccccc23)CCN1. The molecule has 2 aromatic carbocycles. The van der Waals surface area contributed by atoms with E-state index < -0.39 is 0 Å². The Morgan fingerprint density at radius 1 is 1.08 bits per heavy atom. The highest BCUT2D eigenvalue weighted by Crippen LogP contribution is 2.25. The summed E-state index contributed by atoms with van der Waals surface area (Å²) in [5.74, 6) is 0.127. The summed E-state index contributed by atoms with van der Waals surface area (Å²) in [7, 11) is 0. The predicted molar refractivity (Wildman–Crippen MR) is 105 cm³/mol. The first-order chi connectivity index (χ1) is 12.5. The number of rotatable bonds is 3. The number of hydrogen-bond acceptors (Lipinski definition) is 2. The standard InChI is InChI=1S/C22H25N3O/c1-22(2)16-24(13-12-23-22)21(26)19-15-25(14-17-8-4-3-5-9-17)20-11-7-6-10-18(19)20/h3-11,15,23H,12-14,16H2,1-2H3. The number of aromatic nitrogens is 1. The maximum Gasteiger partial charge on any atom is 0.256 e. The molecule has 0 unspecified atom stereocenters. The van der Waals surface area contributed by atoms with E-state index in [9.17, 15) is 4.79 Å². The average molecular weight is 347 g/mol. The molecule has 0 spiro atoms. The highest BCUT2D eigenvalue weighted by atomic mass is 16.2. The van der Waals surface area contributed by atoms with Gasteiger partial charge in [0.05, 0.1) is 5.56 Å². The molecule has 0 saturated carbocycles. The lowest BCUT2D eigenvalue weighted by Gasteiger charge is -2.39. The van der Waals surface area contributed by atoms with Crippen LogP contribution in [0, 0.1) is 0 Å². The Bertz CT molecular complexity index is 927. The average Bonchev–Trinajstić information content (AvgIpc) is 3.00. The van der Waals surface area contributed by atoms with Crippen LogP contribution in [-0.4, -0.2) is 40.5 Å². The van der Waals surface area contributed by atoms with Crippen LogP contribution in [0.2, 0.25) is 0 Å². The Labute approximate surface area is 154 Å². The fourth-order valence-electron chi connectivity index (χ4n) is 3.81. The van der Waals surface area contributed by atoms with Gasteiger partial charge in [-0.05, 0) is 25.5 Å². The number of benzene rings is 2. The first kappa shape index (κ1) is 16.9. The van der Waals surface area contributed by atoms with E-state index in [-0.39, 0.29) is 11.4 Å². The topological polar surface area (TPSA) is 37.3 Å². The molecule has 4 heteroatoms. The van der Waals surface area contributed by atoms with Crippen LogP contribution in [0.25, 0.3) is 10.9 Å². The molecule has 1 amide bonds. The van der Waals surface area contributed by atoms with Crippen LogP contribution in [0.4, 0.5) is 0 Å². The van der Waals surface area contributed by atoms with Gasteiger partial charge in [0.2, 0.25) is 0 Å². The second-order valence-corrected chi connectivity index (χ2v) is 7.71. The fraction of sp³-hybridized carbons (Fsp3) is 0.318. The van der Waals surface area contributed by atoms with Gasteiger partial charge in [-0.3, -0.25) is 4.79 Å². The van der Waals surface area contributed by atoms with Crippen molar-refractivity contribution in [3.05, 3.63) is 71.9 Å². The summed E-state index contributed by atoms with van der Waals surface area (Å²) in [6.45, 7) is 7.36. The van der Waals surface area contributed by atoms with E-state index >= 15 is 0 Å². The normalized spacial score (nSPS) is 16.8. The van der Waals surface area contributed by atoms with Crippen LogP contribution >= 0.6 is 0 Å². The molecule has 1 saturated heterocycles. The van der Waals surface area contributed by atoms with Gasteiger partial charge in [-0.1, -0.05) is 48.5 Å². The van der Waals surface area contributed by atoms with Gasteiger partial charge in [0.1, 0.15) is 0 Å². The van der Waals surface area contributed by atoms with Gasteiger partial charge in [-0.2, -0.15) is 0 Å². The number of carbonyl (C=O) groups is 1. The molecular weight excluding hydrogens is 322 g/mol. The maximum absolute atomic E-state index is 13.3. The molecule has 3 aromatic rings. The van der Waals surface area contributed by atoms with E-state index in [1.165, 1.54) is 5.56 Å². The third-order valence-corrected chi connectivity index (χ3v) is 5.07. The smallest absolute Gasteiger partial charge is 0.256 e. The molecule has 1 aliphatic heterocycles. The minimum Gasteiger partial charge on any atom is -0.342 e. The summed E-state index contributed by atoms with van der Waals surface area (Å²) in [4.78, 5) is 15.2. The maximum atomic E-state index is 13.3. The summed E-state index contributed by atoms with van der Waals surface area (Å²) in [6, 6.07) is 18.6. The molecule has 1 fully saturated rings. The molecular formula is C22H25N3O. The monoisotopic (exact) mass is 347 g/mol. The van der Waals surface area contributed by atoms with Crippen molar-refractivity contribution in [3.8, 4) is 0 Å². The summed E-state index contributed by atoms with van der Waals surface area (Å²) in [6.07, 6.45) is 2.02. The Kier molecular flexibility index (Phi) is 4.29. The molecule has 2 heterocycles. The van der Waals surface area contributed by atoms with Crippen LogP contribution in [0.3, 0.4) is 0 Å². The zero-order valence-electron chi connectivity index (χ0n) is 15.4. The van der Waals surface area contributed by atoms with Crippen LogP contribution in [-0.2, 0) is 6.54 Å². The summed E-state index contributed by atoms with van der Waals surface area (Å²) >= 11 is 0. The zero-order chi connectivity index (χ0) is 18.1. The minimum atomic E-state index is -0.0453. The number of carbonyl (C=O) groups excluding carboxylic acids is 1. The largest absolute Gasteiger partial charge is 0.342 e. The van der Waals surface area contributed by atoms with Crippen molar-refractivity contribution >= 4 is 16.8 Å². The van der Waals surface area contributed by atoms with Gasteiger partial charge in [0.25, 0.3) is 5.91 Å². The van der Waals surface area contributed by atoms with Gasteiger partial charge in [-0.25, -0.2) is 0 Å². The minimum absolute atomic E-state index is 0.0453. The molecule has 0 bridgehead atoms. The number of para-hydroxylation sites is 1. The van der Waals surface area contributed by atoms with Crippen LogP contribution in [0.15, 0.2) is 60.8 Å². The fourth-order valence-corrected chi connectivity index (χ4v) is 3.81. The number of fused-ring (bicyclic) bond motifs is 1. The van der Waals surface area contributed by atoms with Gasteiger partial charge in [-0.15, -0.1) is 0 Å². The molecule has 4 rings (SSSR count). The van der Waals surface area contributed by atoms with Crippen LogP contribution in [0.5, 0.6) is 0 Å². The van der Waals surface area contributed by atoms with Gasteiger partial charge >= 0.3 is 0 Å². The van der Waals surface area contributed by atoms with Crippen molar-refractivity contribution < 1.29 is 4.79 Å². The van der Waals surface area contributed by atoms with E-state index in [0.29, 0.717) is 0 Å². The lowest BCUT2D eigenvalue weighted by molar-refractivity contribution is 0.0654. The number of nitrogens with one attached hydrogen (secondary N) is 1. The molecule has 26 heavy (non-hydrogen) atoms. The number of hydrogen-bond donors (Lipinski definition) is 1. The molecule has 134 valence electrons. The first-order valence-electron chi connectivity index (χ1n) is 9.20. The second kappa shape index (κ2) is 6.61. The second-order valence-electron chi connectivity index (χ2n) is 7.71. The van der Waals surface area contributed by atoms with E-state index in [0.717, 1.165) is 42.6 Å². The third-order valence-electron chi connectivity index (χ3n) is 5.07. The molecule has 1 aromatic heterocycles. The van der Waals surface area contributed by atoms with Crippen molar-refractivity contribution in [2.45, 2.75) is 25.9 Å². The Morgan fingerprint density at radius 2 is 1.81 bits per heavy atom. The van der Waals surface area contributed by atoms with E-state index in [4.69, 9.17) is 0 Å². The number of nitrogens with zero attached hydrogens (tertiary/aromatic N) is 2. The quantitative estimate of drug-likeness (QED) is 0.787. The summed E-state index contributed by atoms with van der Waals surface area (Å²) in [5.41, 5.74) is 3.09. The van der Waals surface area contributed by atoms with Crippen molar-refractivity contribution in [1.29, 1.82) is 0 Å². The number of amides is 1. The van der Waals surface area contributed by atoms with E-state index in [1.54, 1.807) is 0 Å². The van der Waals surface area contributed by atoms with Crippen molar-refractivity contribution in [1.82, 2.24) is 14.8 Å². The Balaban J connectivity index is 1.70. The summed E-state index contributed by atoms with van der Waals surface area (Å²) < 4.78 is 2.19. The van der Waals surface area contributed by atoms with E-state index in [2.05, 4.69) is 60.1 Å². The van der Waals surface area contributed by atoms with Crippen LogP contribution < -0.4 is 5.32 Å². The summed E-state index contributed by atoms with van der Waals surface area (Å²) in [5, 5.41) is 4.50. The molecule has 1 aliphatic rings. The molecule has 4 nitrogen and oxygen atoms in total. The van der Waals surface area contributed by atoms with E-state index in [1.807, 2.05) is 29.3 Å². The van der Waals surface area contributed by atoms with Gasteiger partial charge in [0.15, 0.2) is 0 Å². The highest BCUT2D eigenvalue weighted by Gasteiger charge is 2.30. The van der Waals surface area contributed by atoms with Crippen molar-refractivity contribution in [3.63, 3.8) is 0 Å². The van der Waals surface area contributed by atoms with Gasteiger partial charge in [0, 0.05) is 48.8 Å². The lowest BCUT2D eigenvalue weighted by Crippen LogP contribution is -2.58. The zero-order valence-corrected chi connectivity index (χ0v) is 15.4. The molecule has 1 N–H and O–H groups in total. The molecule has 0 aliphatic carbocycles.